The van der Waals surface area contributed by atoms with Crippen LogP contribution >= 0.6 is 0 Å². The van der Waals surface area contributed by atoms with Crippen LogP contribution in [0.1, 0.15) is 45.2 Å². The predicted molar refractivity (Wildman–Crippen MR) is 69.0 cm³/mol. The van der Waals surface area contributed by atoms with Crippen molar-refractivity contribution in [2.24, 2.45) is 0 Å². The summed E-state index contributed by atoms with van der Waals surface area (Å²) < 4.78 is 28.3. The number of hydrogen-bond acceptors (Lipinski definition) is 2. The van der Waals surface area contributed by atoms with Crippen molar-refractivity contribution in [1.29, 1.82) is 0 Å². The molecule has 0 bridgehead atoms. The van der Waals surface area contributed by atoms with Crippen LogP contribution in [0.25, 0.3) is 0 Å². The largest absolute Gasteiger partial charge is 0.435 e. The molecule has 0 radical (unpaired) electrons. The minimum atomic E-state index is -2.77. The average Bonchev–Trinajstić information content (AvgIpc) is 2.35. The molecule has 1 unspecified atom stereocenters. The molecule has 0 fully saturated rings. The van der Waals surface area contributed by atoms with Crippen LogP contribution < -0.4 is 10.1 Å². The topological polar surface area (TPSA) is 21.3 Å². The number of alkyl halides is 2. The predicted octanol–water partition coefficient (Wildman–Crippen LogP) is 4.13. The van der Waals surface area contributed by atoms with Crippen molar-refractivity contribution in [2.45, 2.75) is 52.3 Å². The van der Waals surface area contributed by atoms with Crippen LogP contribution in [0.2, 0.25) is 0 Å². The lowest BCUT2D eigenvalue weighted by Crippen LogP contribution is -2.30. The maximum Gasteiger partial charge on any atom is 0.387 e. The normalized spacial score (nSPS) is 13.1. The highest BCUT2D eigenvalue weighted by Crippen LogP contribution is 2.20. The van der Waals surface area contributed by atoms with Gasteiger partial charge in [-0.05, 0) is 37.5 Å². The summed E-state index contributed by atoms with van der Waals surface area (Å²) >= 11 is 0. The monoisotopic (exact) mass is 257 g/mol. The van der Waals surface area contributed by atoms with Crippen LogP contribution in [0.5, 0.6) is 5.75 Å². The van der Waals surface area contributed by atoms with Gasteiger partial charge in [0.25, 0.3) is 0 Å². The molecule has 1 N–H and O–H groups in total. The molecular formula is C14H21F2NO. The Kier molecular flexibility index (Phi) is 6.05. The van der Waals surface area contributed by atoms with Gasteiger partial charge < -0.3 is 10.1 Å². The molecule has 0 saturated heterocycles. The zero-order valence-electron chi connectivity index (χ0n) is 11.1. The summed E-state index contributed by atoms with van der Waals surface area (Å²) in [5, 5.41) is 3.50. The van der Waals surface area contributed by atoms with Crippen molar-refractivity contribution < 1.29 is 13.5 Å². The first-order chi connectivity index (χ1) is 8.56. The van der Waals surface area contributed by atoms with Crippen molar-refractivity contribution in [3.8, 4) is 5.75 Å². The summed E-state index contributed by atoms with van der Waals surface area (Å²) in [6, 6.07) is 7.47. The van der Waals surface area contributed by atoms with Gasteiger partial charge in [-0.2, -0.15) is 8.78 Å². The minimum absolute atomic E-state index is 0.198. The molecule has 0 aliphatic carbocycles. The zero-order chi connectivity index (χ0) is 13.5. The lowest BCUT2D eigenvalue weighted by Gasteiger charge is -2.21. The smallest absolute Gasteiger partial charge is 0.387 e. The van der Waals surface area contributed by atoms with Crippen molar-refractivity contribution in [3.05, 3.63) is 29.8 Å². The van der Waals surface area contributed by atoms with E-state index in [1.807, 2.05) is 12.1 Å². The highest BCUT2D eigenvalue weighted by molar-refractivity contribution is 5.29. The first-order valence-corrected chi connectivity index (χ1v) is 6.37. The Morgan fingerprint density at radius 3 is 2.11 bits per heavy atom. The van der Waals surface area contributed by atoms with Gasteiger partial charge in [-0.3, -0.25) is 0 Å². The van der Waals surface area contributed by atoms with E-state index in [1.54, 1.807) is 12.1 Å². The van der Waals surface area contributed by atoms with E-state index < -0.39 is 6.61 Å². The van der Waals surface area contributed by atoms with E-state index in [0.29, 0.717) is 6.04 Å². The average molecular weight is 257 g/mol. The Morgan fingerprint density at radius 1 is 1.11 bits per heavy atom. The van der Waals surface area contributed by atoms with Gasteiger partial charge in [-0.25, -0.2) is 0 Å². The lowest BCUT2D eigenvalue weighted by molar-refractivity contribution is -0.0498. The molecule has 0 saturated carbocycles. The van der Waals surface area contributed by atoms with Gasteiger partial charge in [0.15, 0.2) is 0 Å². The zero-order valence-corrected chi connectivity index (χ0v) is 11.1. The standard InChI is InChI=1S/C14H21F2NO/c1-4-12(5-2)17-10(3)11-6-8-13(9-7-11)18-14(15)16/h6-10,12,14,17H,4-5H2,1-3H3. The number of ether oxygens (including phenoxy) is 1. The van der Waals surface area contributed by atoms with Crippen LogP contribution in [0.15, 0.2) is 24.3 Å². The molecule has 4 heteroatoms. The Balaban J connectivity index is 2.61. The first kappa shape index (κ1) is 14.9. The molecular weight excluding hydrogens is 236 g/mol. The summed E-state index contributed by atoms with van der Waals surface area (Å²) in [5.74, 6) is 0.198. The fraction of sp³-hybridized carbons (Fsp3) is 0.571. The second-order valence-corrected chi connectivity index (χ2v) is 4.35. The quantitative estimate of drug-likeness (QED) is 0.793. The fourth-order valence-electron chi connectivity index (χ4n) is 1.91. The maximum absolute atomic E-state index is 12.0. The Labute approximate surface area is 107 Å². The lowest BCUT2D eigenvalue weighted by atomic mass is 10.1. The van der Waals surface area contributed by atoms with Gasteiger partial charge in [0, 0.05) is 12.1 Å². The molecule has 18 heavy (non-hydrogen) atoms. The first-order valence-electron chi connectivity index (χ1n) is 6.37. The molecule has 0 aliphatic heterocycles. The van der Waals surface area contributed by atoms with E-state index in [-0.39, 0.29) is 11.8 Å². The van der Waals surface area contributed by atoms with Crippen molar-refractivity contribution >= 4 is 0 Å². The third-order valence-electron chi connectivity index (χ3n) is 3.08. The second-order valence-electron chi connectivity index (χ2n) is 4.35. The summed E-state index contributed by atoms with van der Waals surface area (Å²) in [5.41, 5.74) is 1.07. The molecule has 1 aromatic carbocycles. The molecule has 0 amide bonds. The molecule has 1 aromatic rings. The van der Waals surface area contributed by atoms with Crippen molar-refractivity contribution in [1.82, 2.24) is 5.32 Å². The van der Waals surface area contributed by atoms with Crippen molar-refractivity contribution in [2.75, 3.05) is 0 Å². The van der Waals surface area contributed by atoms with Crippen LogP contribution in [0, 0.1) is 0 Å². The number of hydrogen-bond donors (Lipinski definition) is 1. The van der Waals surface area contributed by atoms with Gasteiger partial charge in [0.2, 0.25) is 0 Å². The van der Waals surface area contributed by atoms with E-state index >= 15 is 0 Å². The molecule has 2 nitrogen and oxygen atoms in total. The summed E-state index contributed by atoms with van der Waals surface area (Å²) in [4.78, 5) is 0. The molecule has 1 atom stereocenters. The van der Waals surface area contributed by atoms with Gasteiger partial charge in [0.1, 0.15) is 5.75 Å². The number of nitrogens with one attached hydrogen (secondary N) is 1. The minimum Gasteiger partial charge on any atom is -0.435 e. The van der Waals surface area contributed by atoms with Gasteiger partial charge in [0.05, 0.1) is 0 Å². The van der Waals surface area contributed by atoms with Crippen LogP contribution in [0.4, 0.5) is 8.78 Å². The van der Waals surface area contributed by atoms with Crippen LogP contribution in [-0.4, -0.2) is 12.7 Å². The fourth-order valence-corrected chi connectivity index (χ4v) is 1.91. The van der Waals surface area contributed by atoms with E-state index in [9.17, 15) is 8.78 Å². The van der Waals surface area contributed by atoms with E-state index in [2.05, 4.69) is 30.8 Å². The van der Waals surface area contributed by atoms with Gasteiger partial charge >= 0.3 is 6.61 Å². The number of benzene rings is 1. The maximum atomic E-state index is 12.0. The third-order valence-corrected chi connectivity index (χ3v) is 3.08. The van der Waals surface area contributed by atoms with Gasteiger partial charge in [-0.15, -0.1) is 0 Å². The molecule has 0 aromatic heterocycles. The Bertz CT molecular complexity index is 336. The van der Waals surface area contributed by atoms with E-state index in [1.165, 1.54) is 0 Å². The third kappa shape index (κ3) is 4.61. The summed E-state index contributed by atoms with van der Waals surface area (Å²) in [6.07, 6.45) is 2.15. The highest BCUT2D eigenvalue weighted by atomic mass is 19.3. The molecule has 0 aliphatic rings. The number of halogens is 2. The van der Waals surface area contributed by atoms with E-state index in [4.69, 9.17) is 0 Å². The number of rotatable bonds is 7. The highest BCUT2D eigenvalue weighted by Gasteiger charge is 2.11. The molecule has 0 spiro atoms. The van der Waals surface area contributed by atoms with Crippen LogP contribution in [0.3, 0.4) is 0 Å². The summed E-state index contributed by atoms with van der Waals surface area (Å²) in [7, 11) is 0. The Hall–Kier alpha value is -1.16. The van der Waals surface area contributed by atoms with Crippen molar-refractivity contribution in [3.63, 3.8) is 0 Å². The SMILES string of the molecule is CCC(CC)NC(C)c1ccc(OC(F)F)cc1. The molecule has 102 valence electrons. The second kappa shape index (κ2) is 7.31. The molecule has 0 heterocycles. The van der Waals surface area contributed by atoms with E-state index in [0.717, 1.165) is 18.4 Å². The molecule has 1 rings (SSSR count). The summed E-state index contributed by atoms with van der Waals surface area (Å²) in [6.45, 7) is 3.60. The van der Waals surface area contributed by atoms with Crippen LogP contribution in [-0.2, 0) is 0 Å². The van der Waals surface area contributed by atoms with Gasteiger partial charge in [-0.1, -0.05) is 26.0 Å². The Morgan fingerprint density at radius 2 is 1.67 bits per heavy atom.